The lowest BCUT2D eigenvalue weighted by Crippen LogP contribution is -2.48. The van der Waals surface area contributed by atoms with Crippen LogP contribution in [0.2, 0.25) is 0 Å². The molecule has 1 aliphatic heterocycles. The molecule has 110 valence electrons. The van der Waals surface area contributed by atoms with Crippen LogP contribution >= 0.6 is 0 Å². The molecule has 0 saturated carbocycles. The standard InChI is InChI=1S/C14H17N5O2/c15-13-12(16-21-17-13)14(20)19-8-6-18(7-9-19)10-11-4-2-1-3-5-11/h1-5H,6-10H2,(H2,15,17). The maximum Gasteiger partial charge on any atom is 0.280 e. The first-order valence-electron chi connectivity index (χ1n) is 6.87. The molecule has 1 fully saturated rings. The van der Waals surface area contributed by atoms with Crippen LogP contribution in [0.4, 0.5) is 5.82 Å². The van der Waals surface area contributed by atoms with Crippen LogP contribution in [0.3, 0.4) is 0 Å². The van der Waals surface area contributed by atoms with Crippen molar-refractivity contribution in [3.63, 3.8) is 0 Å². The Morgan fingerprint density at radius 3 is 2.48 bits per heavy atom. The molecule has 1 amide bonds. The number of rotatable bonds is 3. The average molecular weight is 287 g/mol. The van der Waals surface area contributed by atoms with Gasteiger partial charge in [0.1, 0.15) is 0 Å². The van der Waals surface area contributed by atoms with Gasteiger partial charge >= 0.3 is 0 Å². The molecule has 1 aromatic heterocycles. The number of aromatic nitrogens is 2. The minimum absolute atomic E-state index is 0.0479. The van der Waals surface area contributed by atoms with Crippen molar-refractivity contribution in [2.45, 2.75) is 6.54 Å². The summed E-state index contributed by atoms with van der Waals surface area (Å²) in [7, 11) is 0. The predicted octanol–water partition coefficient (Wildman–Crippen LogP) is 0.610. The summed E-state index contributed by atoms with van der Waals surface area (Å²) in [6.07, 6.45) is 0. The Morgan fingerprint density at radius 2 is 1.86 bits per heavy atom. The minimum atomic E-state index is -0.215. The largest absolute Gasteiger partial charge is 0.379 e. The molecule has 21 heavy (non-hydrogen) atoms. The molecule has 3 rings (SSSR count). The second-order valence-electron chi connectivity index (χ2n) is 5.05. The number of carbonyl (C=O) groups is 1. The lowest BCUT2D eigenvalue weighted by Gasteiger charge is -2.34. The van der Waals surface area contributed by atoms with E-state index in [9.17, 15) is 4.79 Å². The summed E-state index contributed by atoms with van der Waals surface area (Å²) < 4.78 is 4.47. The van der Waals surface area contributed by atoms with E-state index in [0.717, 1.165) is 19.6 Å². The van der Waals surface area contributed by atoms with E-state index in [4.69, 9.17) is 5.73 Å². The van der Waals surface area contributed by atoms with Gasteiger partial charge in [-0.25, -0.2) is 4.63 Å². The lowest BCUT2D eigenvalue weighted by atomic mass is 10.2. The summed E-state index contributed by atoms with van der Waals surface area (Å²) in [6.45, 7) is 3.85. The normalized spacial score (nSPS) is 16.1. The van der Waals surface area contributed by atoms with Crippen molar-refractivity contribution in [3.8, 4) is 0 Å². The van der Waals surface area contributed by atoms with Gasteiger partial charge in [0.2, 0.25) is 11.5 Å². The van der Waals surface area contributed by atoms with E-state index in [-0.39, 0.29) is 17.4 Å². The number of hydrogen-bond donors (Lipinski definition) is 1. The van der Waals surface area contributed by atoms with Gasteiger partial charge in [0.15, 0.2) is 0 Å². The Hall–Kier alpha value is -2.41. The zero-order valence-electron chi connectivity index (χ0n) is 11.6. The van der Waals surface area contributed by atoms with E-state index >= 15 is 0 Å². The second-order valence-corrected chi connectivity index (χ2v) is 5.05. The first kappa shape index (κ1) is 13.6. The molecule has 2 N–H and O–H groups in total. The zero-order chi connectivity index (χ0) is 14.7. The molecule has 7 heteroatoms. The van der Waals surface area contributed by atoms with Gasteiger partial charge in [-0.2, -0.15) is 0 Å². The van der Waals surface area contributed by atoms with Gasteiger partial charge in [-0.1, -0.05) is 30.3 Å². The van der Waals surface area contributed by atoms with Gasteiger partial charge in [-0.15, -0.1) is 0 Å². The zero-order valence-corrected chi connectivity index (χ0v) is 11.6. The molecule has 0 spiro atoms. The molecule has 0 aliphatic carbocycles. The highest BCUT2D eigenvalue weighted by molar-refractivity contribution is 5.96. The second kappa shape index (κ2) is 5.92. The third-order valence-corrected chi connectivity index (χ3v) is 3.62. The van der Waals surface area contributed by atoms with E-state index in [2.05, 4.69) is 32.0 Å². The topological polar surface area (TPSA) is 88.5 Å². The highest BCUT2D eigenvalue weighted by Crippen LogP contribution is 2.13. The third-order valence-electron chi connectivity index (χ3n) is 3.62. The van der Waals surface area contributed by atoms with Crippen molar-refractivity contribution in [1.82, 2.24) is 20.1 Å². The molecule has 0 atom stereocenters. The van der Waals surface area contributed by atoms with E-state index in [1.54, 1.807) is 4.90 Å². The number of amides is 1. The van der Waals surface area contributed by atoms with Crippen molar-refractivity contribution >= 4 is 11.7 Å². The number of benzene rings is 1. The van der Waals surface area contributed by atoms with E-state index in [0.29, 0.717) is 13.1 Å². The van der Waals surface area contributed by atoms with Crippen molar-refractivity contribution in [3.05, 3.63) is 41.6 Å². The molecule has 1 aliphatic rings. The lowest BCUT2D eigenvalue weighted by molar-refractivity contribution is 0.0618. The summed E-state index contributed by atoms with van der Waals surface area (Å²) in [4.78, 5) is 16.3. The molecular formula is C14H17N5O2. The highest BCUT2D eigenvalue weighted by Gasteiger charge is 2.26. The van der Waals surface area contributed by atoms with Crippen LogP contribution in [-0.2, 0) is 6.54 Å². The fraction of sp³-hybridized carbons (Fsp3) is 0.357. The van der Waals surface area contributed by atoms with Crippen LogP contribution < -0.4 is 5.73 Å². The quantitative estimate of drug-likeness (QED) is 0.889. The van der Waals surface area contributed by atoms with Crippen molar-refractivity contribution in [2.75, 3.05) is 31.9 Å². The molecular weight excluding hydrogens is 270 g/mol. The van der Waals surface area contributed by atoms with Crippen LogP contribution in [-0.4, -0.2) is 52.2 Å². The summed E-state index contributed by atoms with van der Waals surface area (Å²) in [5.41, 5.74) is 6.94. The smallest absolute Gasteiger partial charge is 0.280 e. The van der Waals surface area contributed by atoms with E-state index in [1.165, 1.54) is 5.56 Å². The summed E-state index contributed by atoms with van der Waals surface area (Å²) >= 11 is 0. The summed E-state index contributed by atoms with van der Waals surface area (Å²) in [6, 6.07) is 10.3. The van der Waals surface area contributed by atoms with E-state index < -0.39 is 0 Å². The molecule has 0 unspecified atom stereocenters. The van der Waals surface area contributed by atoms with Crippen LogP contribution in [0.1, 0.15) is 16.1 Å². The van der Waals surface area contributed by atoms with Crippen molar-refractivity contribution < 1.29 is 9.42 Å². The highest BCUT2D eigenvalue weighted by atomic mass is 16.6. The number of anilines is 1. The Morgan fingerprint density at radius 1 is 1.14 bits per heavy atom. The number of carbonyl (C=O) groups excluding carboxylic acids is 1. The number of piperazine rings is 1. The Bertz CT molecular complexity index is 605. The van der Waals surface area contributed by atoms with Gasteiger partial charge in [0, 0.05) is 32.7 Å². The van der Waals surface area contributed by atoms with Crippen LogP contribution in [0.15, 0.2) is 35.0 Å². The molecule has 2 aromatic rings. The fourth-order valence-corrected chi connectivity index (χ4v) is 2.44. The van der Waals surface area contributed by atoms with Crippen molar-refractivity contribution in [1.29, 1.82) is 0 Å². The molecule has 7 nitrogen and oxygen atoms in total. The van der Waals surface area contributed by atoms with Gasteiger partial charge in [0.25, 0.3) is 5.91 Å². The Labute approximate surface area is 122 Å². The molecule has 2 heterocycles. The summed E-state index contributed by atoms with van der Waals surface area (Å²) in [5.74, 6) is -0.167. The predicted molar refractivity (Wildman–Crippen MR) is 76.3 cm³/mol. The van der Waals surface area contributed by atoms with Gasteiger partial charge in [-0.3, -0.25) is 9.69 Å². The average Bonchev–Trinajstić information content (AvgIpc) is 2.94. The molecule has 1 saturated heterocycles. The van der Waals surface area contributed by atoms with Crippen LogP contribution in [0, 0.1) is 0 Å². The van der Waals surface area contributed by atoms with E-state index in [1.807, 2.05) is 18.2 Å². The first-order valence-corrected chi connectivity index (χ1v) is 6.87. The number of hydrogen-bond acceptors (Lipinski definition) is 6. The number of nitrogen functional groups attached to an aromatic ring is 1. The molecule has 0 bridgehead atoms. The first-order chi connectivity index (χ1) is 10.2. The van der Waals surface area contributed by atoms with Crippen LogP contribution in [0.25, 0.3) is 0 Å². The monoisotopic (exact) mass is 287 g/mol. The third kappa shape index (κ3) is 3.03. The Kier molecular flexibility index (Phi) is 3.83. The van der Waals surface area contributed by atoms with Crippen molar-refractivity contribution in [2.24, 2.45) is 0 Å². The number of nitrogens with zero attached hydrogens (tertiary/aromatic N) is 4. The maximum absolute atomic E-state index is 12.2. The SMILES string of the molecule is Nc1nonc1C(=O)N1CCN(Cc2ccccc2)CC1. The van der Waals surface area contributed by atoms with Gasteiger partial charge < -0.3 is 10.6 Å². The van der Waals surface area contributed by atoms with Gasteiger partial charge in [0.05, 0.1) is 0 Å². The molecule has 0 radical (unpaired) electrons. The molecule has 1 aromatic carbocycles. The number of nitrogens with two attached hydrogens (primary N) is 1. The van der Waals surface area contributed by atoms with Gasteiger partial charge in [-0.05, 0) is 15.9 Å². The fourth-order valence-electron chi connectivity index (χ4n) is 2.44. The maximum atomic E-state index is 12.2. The van der Waals surface area contributed by atoms with Crippen LogP contribution in [0.5, 0.6) is 0 Å². The minimum Gasteiger partial charge on any atom is -0.379 e. The summed E-state index contributed by atoms with van der Waals surface area (Å²) in [5, 5.41) is 7.00. The Balaban J connectivity index is 1.56.